The molecule has 16 heavy (non-hydrogen) atoms. The first kappa shape index (κ1) is 12.0. The predicted octanol–water partition coefficient (Wildman–Crippen LogP) is 2.22. The van der Waals surface area contributed by atoms with Crippen LogP contribution in [-0.4, -0.2) is 34.2 Å². The Morgan fingerprint density at radius 2 is 2.44 bits per heavy atom. The summed E-state index contributed by atoms with van der Waals surface area (Å²) in [6.45, 7) is 6.62. The minimum absolute atomic E-state index is 0.279. The number of aromatic nitrogens is 1. The van der Waals surface area contributed by atoms with Crippen molar-refractivity contribution in [1.82, 2.24) is 9.88 Å². The molecule has 0 amide bonds. The Kier molecular flexibility index (Phi) is 3.95. The van der Waals surface area contributed by atoms with E-state index in [0.29, 0.717) is 12.0 Å². The average molecular weight is 240 g/mol. The van der Waals surface area contributed by atoms with Crippen molar-refractivity contribution < 1.29 is 5.11 Å². The fourth-order valence-electron chi connectivity index (χ4n) is 2.18. The molecule has 90 valence electrons. The average Bonchev–Trinajstić information content (AvgIpc) is 2.87. The van der Waals surface area contributed by atoms with E-state index in [1.807, 2.05) is 0 Å². The Hall–Kier alpha value is -0.450. The molecule has 0 aromatic carbocycles. The van der Waals surface area contributed by atoms with Crippen molar-refractivity contribution >= 4 is 11.3 Å². The minimum atomic E-state index is 0.279. The number of likely N-dealkylation sites (tertiary alicyclic amines) is 1. The van der Waals surface area contributed by atoms with Gasteiger partial charge in [-0.2, -0.15) is 0 Å². The first-order valence-electron chi connectivity index (χ1n) is 6.00. The van der Waals surface area contributed by atoms with Gasteiger partial charge in [0.05, 0.1) is 17.3 Å². The quantitative estimate of drug-likeness (QED) is 0.876. The summed E-state index contributed by atoms with van der Waals surface area (Å²) in [5.74, 6) is 0.519. The smallest absolute Gasteiger partial charge is 0.0954 e. The third-order valence-electron chi connectivity index (χ3n) is 3.14. The summed E-state index contributed by atoms with van der Waals surface area (Å²) in [6.07, 6.45) is 2.32. The Bertz CT molecular complexity index is 338. The van der Waals surface area contributed by atoms with Crippen LogP contribution < -0.4 is 0 Å². The van der Waals surface area contributed by atoms with E-state index in [4.69, 9.17) is 0 Å². The van der Waals surface area contributed by atoms with Gasteiger partial charge in [0.1, 0.15) is 0 Å². The Balaban J connectivity index is 1.97. The zero-order chi connectivity index (χ0) is 11.5. The molecule has 0 bridgehead atoms. The zero-order valence-electron chi connectivity index (χ0n) is 10.0. The number of hydrogen-bond donors (Lipinski definition) is 1. The number of aliphatic hydroxyl groups excluding tert-OH is 1. The summed E-state index contributed by atoms with van der Waals surface area (Å²) < 4.78 is 0. The third kappa shape index (κ3) is 2.62. The highest BCUT2D eigenvalue weighted by Crippen LogP contribution is 2.23. The number of aliphatic hydroxyl groups is 1. The van der Waals surface area contributed by atoms with Crippen molar-refractivity contribution in [3.05, 3.63) is 16.1 Å². The summed E-state index contributed by atoms with van der Waals surface area (Å²) in [5.41, 5.74) is 1.16. The molecule has 4 heteroatoms. The molecule has 1 aromatic rings. The Labute approximate surface area is 101 Å². The van der Waals surface area contributed by atoms with Crippen LogP contribution in [0.1, 0.15) is 43.3 Å². The molecule has 0 aliphatic carbocycles. The summed E-state index contributed by atoms with van der Waals surface area (Å²) in [4.78, 5) is 6.98. The van der Waals surface area contributed by atoms with E-state index < -0.39 is 0 Å². The lowest BCUT2D eigenvalue weighted by Gasteiger charge is -2.21. The van der Waals surface area contributed by atoms with Crippen LogP contribution in [0.25, 0.3) is 0 Å². The first-order chi connectivity index (χ1) is 7.70. The van der Waals surface area contributed by atoms with Gasteiger partial charge in [-0.25, -0.2) is 4.98 Å². The summed E-state index contributed by atoms with van der Waals surface area (Å²) in [5, 5.41) is 12.6. The Morgan fingerprint density at radius 3 is 3.06 bits per heavy atom. The van der Waals surface area contributed by atoms with Gasteiger partial charge in [-0.05, 0) is 19.4 Å². The van der Waals surface area contributed by atoms with E-state index in [0.717, 1.165) is 25.2 Å². The SMILES string of the molecule is CC(C)c1nc(CN2CCC[C@H]2CO)cs1. The maximum absolute atomic E-state index is 9.25. The lowest BCUT2D eigenvalue weighted by molar-refractivity contribution is 0.152. The summed E-state index contributed by atoms with van der Waals surface area (Å²) >= 11 is 1.75. The fraction of sp³-hybridized carbons (Fsp3) is 0.750. The first-order valence-corrected chi connectivity index (χ1v) is 6.88. The molecule has 1 saturated heterocycles. The predicted molar refractivity (Wildman–Crippen MR) is 66.7 cm³/mol. The van der Waals surface area contributed by atoms with Gasteiger partial charge in [0.2, 0.25) is 0 Å². The molecule has 0 radical (unpaired) electrons. The molecule has 1 N–H and O–H groups in total. The number of nitrogens with zero attached hydrogens (tertiary/aromatic N) is 2. The van der Waals surface area contributed by atoms with E-state index in [-0.39, 0.29) is 6.61 Å². The van der Waals surface area contributed by atoms with Gasteiger partial charge < -0.3 is 5.11 Å². The molecule has 1 fully saturated rings. The van der Waals surface area contributed by atoms with Crippen LogP contribution >= 0.6 is 11.3 Å². The number of thiazole rings is 1. The molecule has 1 aliphatic rings. The Morgan fingerprint density at radius 1 is 1.62 bits per heavy atom. The van der Waals surface area contributed by atoms with Crippen molar-refractivity contribution in [2.75, 3.05) is 13.2 Å². The molecule has 1 atom stereocenters. The van der Waals surface area contributed by atoms with Gasteiger partial charge in [0.15, 0.2) is 0 Å². The van der Waals surface area contributed by atoms with Gasteiger partial charge in [-0.15, -0.1) is 11.3 Å². The minimum Gasteiger partial charge on any atom is -0.395 e. The monoisotopic (exact) mass is 240 g/mol. The maximum atomic E-state index is 9.25. The highest BCUT2D eigenvalue weighted by atomic mass is 32.1. The van der Waals surface area contributed by atoms with Crippen LogP contribution in [0.4, 0.5) is 0 Å². The zero-order valence-corrected chi connectivity index (χ0v) is 10.8. The molecule has 1 aromatic heterocycles. The maximum Gasteiger partial charge on any atom is 0.0954 e. The van der Waals surface area contributed by atoms with Crippen LogP contribution in [0.2, 0.25) is 0 Å². The molecule has 2 rings (SSSR count). The lowest BCUT2D eigenvalue weighted by Crippen LogP contribution is -2.31. The largest absolute Gasteiger partial charge is 0.395 e. The normalized spacial score (nSPS) is 22.1. The van der Waals surface area contributed by atoms with Gasteiger partial charge in [-0.1, -0.05) is 13.8 Å². The number of hydrogen-bond acceptors (Lipinski definition) is 4. The second-order valence-corrected chi connectivity index (χ2v) is 5.67. The van der Waals surface area contributed by atoms with Crippen molar-refractivity contribution in [3.63, 3.8) is 0 Å². The lowest BCUT2D eigenvalue weighted by atomic mass is 10.2. The van der Waals surface area contributed by atoms with Gasteiger partial charge in [-0.3, -0.25) is 4.90 Å². The fourth-order valence-corrected chi connectivity index (χ4v) is 3.00. The second kappa shape index (κ2) is 5.25. The van der Waals surface area contributed by atoms with Gasteiger partial charge in [0, 0.05) is 23.9 Å². The van der Waals surface area contributed by atoms with E-state index in [1.54, 1.807) is 11.3 Å². The molecular formula is C12H20N2OS. The standard InChI is InChI=1S/C12H20N2OS/c1-9(2)12-13-10(8-16-12)6-14-5-3-4-11(14)7-15/h8-9,11,15H,3-7H2,1-2H3/t11-/m0/s1. The highest BCUT2D eigenvalue weighted by molar-refractivity contribution is 7.09. The van der Waals surface area contributed by atoms with E-state index in [1.165, 1.54) is 11.4 Å². The molecule has 3 nitrogen and oxygen atoms in total. The van der Waals surface area contributed by atoms with Crippen LogP contribution in [0.3, 0.4) is 0 Å². The van der Waals surface area contributed by atoms with E-state index >= 15 is 0 Å². The molecular weight excluding hydrogens is 220 g/mol. The summed E-state index contributed by atoms with van der Waals surface area (Å²) in [6, 6.07) is 0.351. The van der Waals surface area contributed by atoms with Gasteiger partial charge >= 0.3 is 0 Å². The van der Waals surface area contributed by atoms with Crippen molar-refractivity contribution in [1.29, 1.82) is 0 Å². The van der Waals surface area contributed by atoms with Gasteiger partial charge in [0.25, 0.3) is 0 Å². The van der Waals surface area contributed by atoms with E-state index in [2.05, 4.69) is 29.1 Å². The van der Waals surface area contributed by atoms with Crippen LogP contribution in [0.15, 0.2) is 5.38 Å². The second-order valence-electron chi connectivity index (χ2n) is 4.78. The molecule has 0 unspecified atom stereocenters. The molecule has 2 heterocycles. The summed E-state index contributed by atoms with van der Waals surface area (Å²) in [7, 11) is 0. The van der Waals surface area contributed by atoms with Crippen LogP contribution in [-0.2, 0) is 6.54 Å². The van der Waals surface area contributed by atoms with Crippen LogP contribution in [0, 0.1) is 0 Å². The molecule has 1 aliphatic heterocycles. The van der Waals surface area contributed by atoms with Crippen molar-refractivity contribution in [3.8, 4) is 0 Å². The third-order valence-corrected chi connectivity index (χ3v) is 4.33. The molecule has 0 saturated carbocycles. The van der Waals surface area contributed by atoms with Crippen LogP contribution in [0.5, 0.6) is 0 Å². The van der Waals surface area contributed by atoms with E-state index in [9.17, 15) is 5.11 Å². The van der Waals surface area contributed by atoms with Crippen molar-refractivity contribution in [2.45, 2.75) is 45.2 Å². The number of rotatable bonds is 4. The highest BCUT2D eigenvalue weighted by Gasteiger charge is 2.24. The van der Waals surface area contributed by atoms with Crippen molar-refractivity contribution in [2.24, 2.45) is 0 Å². The molecule has 0 spiro atoms. The topological polar surface area (TPSA) is 36.4 Å².